The molecule has 0 unspecified atom stereocenters. The topological polar surface area (TPSA) is 37.4 Å². The largest absolute Gasteiger partial charge is 0.416 e. The van der Waals surface area contributed by atoms with Crippen LogP contribution in [0.3, 0.4) is 0 Å². The van der Waals surface area contributed by atoms with Gasteiger partial charge in [-0.2, -0.15) is 17.5 Å². The van der Waals surface area contributed by atoms with Crippen molar-refractivity contribution in [2.45, 2.75) is 50.1 Å². The standard InChI is InChI=1S/C22H26F3NO2S/c1-2-17-7-11-21(12-8-17)29(27,28)26-15-13-19(14-16-26)4-3-18-5-9-20(10-6-18)22(23,24)25/h5-12,19H,2-4,13-16H2,1H3. The monoisotopic (exact) mass is 425 g/mol. The minimum atomic E-state index is -4.31. The van der Waals surface area contributed by atoms with E-state index >= 15 is 0 Å². The van der Waals surface area contributed by atoms with Crippen molar-refractivity contribution in [1.29, 1.82) is 0 Å². The van der Waals surface area contributed by atoms with Gasteiger partial charge in [-0.3, -0.25) is 0 Å². The number of benzene rings is 2. The molecule has 0 amide bonds. The summed E-state index contributed by atoms with van der Waals surface area (Å²) in [5.74, 6) is 0.381. The van der Waals surface area contributed by atoms with Crippen molar-refractivity contribution in [3.8, 4) is 0 Å². The molecule has 1 fully saturated rings. The first kappa shape index (κ1) is 21.8. The average Bonchev–Trinajstić information content (AvgIpc) is 2.72. The Morgan fingerprint density at radius 3 is 2.00 bits per heavy atom. The van der Waals surface area contributed by atoms with Crippen molar-refractivity contribution in [3.63, 3.8) is 0 Å². The first-order valence-electron chi connectivity index (χ1n) is 9.95. The van der Waals surface area contributed by atoms with Crippen LogP contribution in [0.4, 0.5) is 13.2 Å². The molecular weight excluding hydrogens is 399 g/mol. The van der Waals surface area contributed by atoms with Crippen LogP contribution in [0.5, 0.6) is 0 Å². The van der Waals surface area contributed by atoms with Gasteiger partial charge in [0.25, 0.3) is 0 Å². The van der Waals surface area contributed by atoms with Gasteiger partial charge < -0.3 is 0 Å². The number of hydrogen-bond acceptors (Lipinski definition) is 2. The second-order valence-electron chi connectivity index (χ2n) is 7.58. The minimum Gasteiger partial charge on any atom is -0.207 e. The molecule has 1 aliphatic heterocycles. The smallest absolute Gasteiger partial charge is 0.207 e. The fourth-order valence-corrected chi connectivity index (χ4v) is 5.19. The first-order chi connectivity index (χ1) is 13.7. The van der Waals surface area contributed by atoms with Crippen molar-refractivity contribution < 1.29 is 21.6 Å². The molecule has 0 bridgehead atoms. The van der Waals surface area contributed by atoms with E-state index in [9.17, 15) is 21.6 Å². The molecule has 0 aliphatic carbocycles. The number of halogens is 3. The van der Waals surface area contributed by atoms with Crippen LogP contribution in [0.15, 0.2) is 53.4 Å². The number of aryl methyl sites for hydroxylation is 2. The van der Waals surface area contributed by atoms with Crippen molar-refractivity contribution in [2.75, 3.05) is 13.1 Å². The van der Waals surface area contributed by atoms with Crippen LogP contribution in [0.1, 0.15) is 42.9 Å². The van der Waals surface area contributed by atoms with Crippen molar-refractivity contribution >= 4 is 10.0 Å². The summed E-state index contributed by atoms with van der Waals surface area (Å²) in [4.78, 5) is 0.331. The van der Waals surface area contributed by atoms with Gasteiger partial charge in [-0.25, -0.2) is 8.42 Å². The molecule has 2 aromatic rings. The summed E-state index contributed by atoms with van der Waals surface area (Å²) in [5.41, 5.74) is 1.35. The number of sulfonamides is 1. The first-order valence-corrected chi connectivity index (χ1v) is 11.4. The molecule has 0 N–H and O–H groups in total. The fourth-order valence-electron chi connectivity index (χ4n) is 3.72. The summed E-state index contributed by atoms with van der Waals surface area (Å²) in [7, 11) is -3.47. The third kappa shape index (κ3) is 5.39. The van der Waals surface area contributed by atoms with E-state index in [0.717, 1.165) is 48.9 Å². The molecule has 0 radical (unpaired) electrons. The maximum Gasteiger partial charge on any atom is 0.416 e. The average molecular weight is 426 g/mol. The molecule has 3 rings (SSSR count). The van der Waals surface area contributed by atoms with Crippen LogP contribution in [0, 0.1) is 5.92 Å². The molecule has 29 heavy (non-hydrogen) atoms. The number of piperidine rings is 1. The highest BCUT2D eigenvalue weighted by molar-refractivity contribution is 7.89. The Hall–Kier alpha value is -1.86. The highest BCUT2D eigenvalue weighted by Gasteiger charge is 2.31. The Morgan fingerprint density at radius 1 is 0.931 bits per heavy atom. The number of rotatable bonds is 6. The van der Waals surface area contributed by atoms with Gasteiger partial charge in [0.15, 0.2) is 0 Å². The van der Waals surface area contributed by atoms with Gasteiger partial charge in [-0.05, 0) is 73.4 Å². The summed E-state index contributed by atoms with van der Waals surface area (Å²) < 4.78 is 65.1. The number of nitrogens with zero attached hydrogens (tertiary/aromatic N) is 1. The van der Waals surface area contributed by atoms with Gasteiger partial charge in [-0.1, -0.05) is 31.2 Å². The highest BCUT2D eigenvalue weighted by atomic mass is 32.2. The lowest BCUT2D eigenvalue weighted by Gasteiger charge is -2.31. The summed E-state index contributed by atoms with van der Waals surface area (Å²) in [6.45, 7) is 2.99. The Balaban J connectivity index is 1.52. The van der Waals surface area contributed by atoms with Gasteiger partial charge >= 0.3 is 6.18 Å². The van der Waals surface area contributed by atoms with E-state index in [0.29, 0.717) is 30.3 Å². The van der Waals surface area contributed by atoms with Crippen LogP contribution < -0.4 is 0 Å². The predicted octanol–water partition coefficient (Wildman–Crippen LogP) is 5.30. The lowest BCUT2D eigenvalue weighted by molar-refractivity contribution is -0.137. The van der Waals surface area contributed by atoms with Gasteiger partial charge in [0.05, 0.1) is 10.5 Å². The summed E-state index contributed by atoms with van der Waals surface area (Å²) >= 11 is 0. The van der Waals surface area contributed by atoms with E-state index in [4.69, 9.17) is 0 Å². The molecule has 1 aliphatic rings. The van der Waals surface area contributed by atoms with E-state index in [1.165, 1.54) is 12.1 Å². The van der Waals surface area contributed by atoms with Crippen LogP contribution in [-0.4, -0.2) is 25.8 Å². The van der Waals surface area contributed by atoms with Crippen LogP contribution >= 0.6 is 0 Å². The van der Waals surface area contributed by atoms with Gasteiger partial charge in [-0.15, -0.1) is 0 Å². The maximum absolute atomic E-state index is 12.8. The van der Waals surface area contributed by atoms with E-state index < -0.39 is 21.8 Å². The fraction of sp³-hybridized carbons (Fsp3) is 0.455. The predicted molar refractivity (Wildman–Crippen MR) is 107 cm³/mol. The van der Waals surface area contributed by atoms with Gasteiger partial charge in [0.1, 0.15) is 0 Å². The Labute approximate surface area is 170 Å². The van der Waals surface area contributed by atoms with Crippen molar-refractivity contribution in [3.05, 3.63) is 65.2 Å². The van der Waals surface area contributed by atoms with E-state index in [1.54, 1.807) is 16.4 Å². The highest BCUT2D eigenvalue weighted by Crippen LogP contribution is 2.30. The second kappa shape index (κ2) is 8.88. The second-order valence-corrected chi connectivity index (χ2v) is 9.52. The van der Waals surface area contributed by atoms with E-state index in [-0.39, 0.29) is 0 Å². The normalized spacial score (nSPS) is 16.8. The van der Waals surface area contributed by atoms with E-state index in [2.05, 4.69) is 0 Å². The lowest BCUT2D eigenvalue weighted by Crippen LogP contribution is -2.38. The zero-order valence-electron chi connectivity index (χ0n) is 16.5. The third-order valence-corrected chi connectivity index (χ3v) is 7.58. The Bertz CT molecular complexity index is 899. The molecule has 158 valence electrons. The molecule has 1 heterocycles. The zero-order valence-corrected chi connectivity index (χ0v) is 17.3. The molecule has 0 aromatic heterocycles. The maximum atomic E-state index is 12.8. The van der Waals surface area contributed by atoms with Crippen LogP contribution in [-0.2, 0) is 29.0 Å². The molecule has 0 spiro atoms. The van der Waals surface area contributed by atoms with E-state index in [1.807, 2.05) is 19.1 Å². The molecule has 2 aromatic carbocycles. The molecule has 0 atom stereocenters. The molecule has 0 saturated carbocycles. The molecular formula is C22H26F3NO2S. The summed E-state index contributed by atoms with van der Waals surface area (Å²) in [6, 6.07) is 12.3. The third-order valence-electron chi connectivity index (χ3n) is 5.67. The summed E-state index contributed by atoms with van der Waals surface area (Å²) in [6.07, 6.45) is -0.351. The quantitative estimate of drug-likeness (QED) is 0.630. The van der Waals surface area contributed by atoms with Crippen LogP contribution in [0.2, 0.25) is 0 Å². The Kier molecular flexibility index (Phi) is 6.69. The SMILES string of the molecule is CCc1ccc(S(=O)(=O)N2CCC(CCc3ccc(C(F)(F)F)cc3)CC2)cc1. The minimum absolute atomic E-state index is 0.331. The molecule has 7 heteroatoms. The lowest BCUT2D eigenvalue weighted by atomic mass is 9.91. The summed E-state index contributed by atoms with van der Waals surface area (Å²) in [5, 5.41) is 0. The van der Waals surface area contributed by atoms with Crippen LogP contribution in [0.25, 0.3) is 0 Å². The number of alkyl halides is 3. The number of hydrogen-bond donors (Lipinski definition) is 0. The molecule has 1 saturated heterocycles. The van der Waals surface area contributed by atoms with Crippen molar-refractivity contribution in [2.24, 2.45) is 5.92 Å². The molecule has 3 nitrogen and oxygen atoms in total. The van der Waals surface area contributed by atoms with Gasteiger partial charge in [0, 0.05) is 13.1 Å². The van der Waals surface area contributed by atoms with Gasteiger partial charge in [0.2, 0.25) is 10.0 Å². The Morgan fingerprint density at radius 2 is 1.48 bits per heavy atom. The zero-order chi connectivity index (χ0) is 21.1. The van der Waals surface area contributed by atoms with Crippen molar-refractivity contribution in [1.82, 2.24) is 4.31 Å².